The van der Waals surface area contributed by atoms with Gasteiger partial charge in [-0.3, -0.25) is 14.4 Å². The zero-order valence-electron chi connectivity index (χ0n) is 15.2. The van der Waals surface area contributed by atoms with Crippen molar-refractivity contribution in [3.05, 3.63) is 64.1 Å². The summed E-state index contributed by atoms with van der Waals surface area (Å²) in [6, 6.07) is 10.4. The average molecular weight is 369 g/mol. The van der Waals surface area contributed by atoms with Crippen LogP contribution >= 0.6 is 0 Å². The largest absolute Gasteiger partial charge is 0.497 e. The fourth-order valence-electron chi connectivity index (χ4n) is 3.19. The summed E-state index contributed by atoms with van der Waals surface area (Å²) in [5, 5.41) is 2.93. The normalized spacial score (nSPS) is 17.3. The number of rotatable bonds is 5. The summed E-state index contributed by atoms with van der Waals surface area (Å²) in [4.78, 5) is 40.4. The molecule has 7 nitrogen and oxygen atoms in total. The lowest BCUT2D eigenvalue weighted by atomic mass is 10.1. The molecule has 7 heteroatoms. The first-order chi connectivity index (χ1) is 13.0. The molecule has 1 unspecified atom stereocenters. The van der Waals surface area contributed by atoms with Gasteiger partial charge >= 0.3 is 0 Å². The number of benzene rings is 1. The van der Waals surface area contributed by atoms with Crippen LogP contribution in [0.3, 0.4) is 0 Å². The fraction of sp³-hybridized carbons (Fsp3) is 0.350. The van der Waals surface area contributed by atoms with Gasteiger partial charge in [0.25, 0.3) is 5.91 Å². The lowest BCUT2D eigenvalue weighted by Gasteiger charge is -2.21. The second-order valence-electron chi connectivity index (χ2n) is 6.61. The first kappa shape index (κ1) is 18.7. The van der Waals surface area contributed by atoms with Crippen LogP contribution in [-0.4, -0.2) is 41.4 Å². The van der Waals surface area contributed by atoms with Gasteiger partial charge in [-0.15, -0.1) is 0 Å². The van der Waals surface area contributed by atoms with Crippen molar-refractivity contribution in [2.24, 2.45) is 0 Å². The van der Waals surface area contributed by atoms with Crippen molar-refractivity contribution in [2.75, 3.05) is 13.7 Å². The van der Waals surface area contributed by atoms with Gasteiger partial charge in [0.05, 0.1) is 7.11 Å². The number of methoxy groups -OCH3 is 1. The standard InChI is InChI=1S/C20H23N3O4/c1-27-17-4-2-3-14(11-17)13-23-10-8-16(5-6-19(23)25)22-20(26)15-7-9-21-18(24)12-15/h2-4,7,9,11-12,16H,5-6,8,10,13H2,1H3,(H,21,24)(H,22,26). The van der Waals surface area contributed by atoms with Gasteiger partial charge in [-0.2, -0.15) is 0 Å². The molecule has 0 saturated carbocycles. The number of ether oxygens (including phenoxy) is 1. The van der Waals surface area contributed by atoms with Crippen LogP contribution in [-0.2, 0) is 11.3 Å². The van der Waals surface area contributed by atoms with Gasteiger partial charge in [-0.25, -0.2) is 0 Å². The summed E-state index contributed by atoms with van der Waals surface area (Å²) in [6.07, 6.45) is 3.08. The fourth-order valence-corrected chi connectivity index (χ4v) is 3.19. The van der Waals surface area contributed by atoms with Crippen molar-refractivity contribution in [3.8, 4) is 5.75 Å². The molecule has 2 N–H and O–H groups in total. The minimum absolute atomic E-state index is 0.0747. The number of amides is 2. The predicted octanol–water partition coefficient (Wildman–Crippen LogP) is 1.69. The Hall–Kier alpha value is -3.09. The highest BCUT2D eigenvalue weighted by atomic mass is 16.5. The zero-order chi connectivity index (χ0) is 19.2. The van der Waals surface area contributed by atoms with Crippen molar-refractivity contribution in [3.63, 3.8) is 0 Å². The number of nitrogens with zero attached hydrogens (tertiary/aromatic N) is 1. The van der Waals surface area contributed by atoms with E-state index in [1.165, 1.54) is 12.3 Å². The van der Waals surface area contributed by atoms with E-state index >= 15 is 0 Å². The Bertz CT molecular complexity index is 877. The molecule has 0 aliphatic carbocycles. The van der Waals surface area contributed by atoms with Gasteiger partial charge in [-0.1, -0.05) is 12.1 Å². The highest BCUT2D eigenvalue weighted by Crippen LogP contribution is 2.18. The number of likely N-dealkylation sites (tertiary alicyclic amines) is 1. The molecule has 1 aliphatic rings. The van der Waals surface area contributed by atoms with Gasteiger partial charge in [0.15, 0.2) is 0 Å². The molecular weight excluding hydrogens is 346 g/mol. The molecule has 1 aromatic carbocycles. The van der Waals surface area contributed by atoms with Crippen molar-refractivity contribution in [2.45, 2.75) is 31.8 Å². The van der Waals surface area contributed by atoms with E-state index in [1.807, 2.05) is 29.2 Å². The minimum atomic E-state index is -0.317. The van der Waals surface area contributed by atoms with E-state index in [0.717, 1.165) is 11.3 Å². The number of carbonyl (C=O) groups excluding carboxylic acids is 2. The van der Waals surface area contributed by atoms with E-state index in [0.29, 0.717) is 37.9 Å². The summed E-state index contributed by atoms with van der Waals surface area (Å²) < 4.78 is 5.23. The van der Waals surface area contributed by atoms with E-state index in [4.69, 9.17) is 4.74 Å². The third-order valence-electron chi connectivity index (χ3n) is 4.69. The molecule has 1 saturated heterocycles. The number of pyridine rings is 1. The van der Waals surface area contributed by atoms with E-state index in [-0.39, 0.29) is 23.4 Å². The van der Waals surface area contributed by atoms with Gasteiger partial charge in [-0.05, 0) is 36.6 Å². The number of carbonyl (C=O) groups is 2. The van der Waals surface area contributed by atoms with E-state index < -0.39 is 0 Å². The molecule has 2 heterocycles. The maximum absolute atomic E-state index is 12.5. The Balaban J connectivity index is 1.60. The van der Waals surface area contributed by atoms with Crippen molar-refractivity contribution >= 4 is 11.8 Å². The average Bonchev–Trinajstić information content (AvgIpc) is 2.84. The van der Waals surface area contributed by atoms with Gasteiger partial charge in [0, 0.05) is 43.4 Å². The monoisotopic (exact) mass is 369 g/mol. The van der Waals surface area contributed by atoms with Crippen LogP contribution < -0.4 is 15.6 Å². The summed E-state index contributed by atoms with van der Waals surface area (Å²) in [6.45, 7) is 1.08. The van der Waals surface area contributed by atoms with Crippen molar-refractivity contribution < 1.29 is 14.3 Å². The van der Waals surface area contributed by atoms with Gasteiger partial charge < -0.3 is 19.9 Å². The summed E-state index contributed by atoms with van der Waals surface area (Å²) >= 11 is 0. The molecule has 1 aliphatic heterocycles. The van der Waals surface area contributed by atoms with E-state index in [9.17, 15) is 14.4 Å². The molecule has 2 aromatic rings. The Kier molecular flexibility index (Phi) is 5.90. The maximum atomic E-state index is 12.5. The van der Waals surface area contributed by atoms with Crippen molar-refractivity contribution in [1.82, 2.24) is 15.2 Å². The molecule has 0 spiro atoms. The number of hydrogen-bond acceptors (Lipinski definition) is 4. The molecule has 2 amide bonds. The Morgan fingerprint density at radius 3 is 2.89 bits per heavy atom. The van der Waals surface area contributed by atoms with Gasteiger partial charge in [0.1, 0.15) is 5.75 Å². The van der Waals surface area contributed by atoms with Crippen LogP contribution in [0.2, 0.25) is 0 Å². The third-order valence-corrected chi connectivity index (χ3v) is 4.69. The molecule has 0 radical (unpaired) electrons. The summed E-state index contributed by atoms with van der Waals surface area (Å²) in [7, 11) is 1.62. The lowest BCUT2D eigenvalue weighted by molar-refractivity contribution is -0.131. The highest BCUT2D eigenvalue weighted by Gasteiger charge is 2.24. The smallest absolute Gasteiger partial charge is 0.251 e. The number of nitrogens with one attached hydrogen (secondary N) is 2. The molecule has 142 valence electrons. The topological polar surface area (TPSA) is 91.5 Å². The number of H-pyrrole nitrogens is 1. The third kappa shape index (κ3) is 4.97. The highest BCUT2D eigenvalue weighted by molar-refractivity contribution is 5.94. The second-order valence-corrected chi connectivity index (χ2v) is 6.61. The Labute approximate surface area is 157 Å². The molecule has 27 heavy (non-hydrogen) atoms. The summed E-state index contributed by atoms with van der Waals surface area (Å²) in [5.74, 6) is 0.545. The zero-order valence-corrected chi connectivity index (χ0v) is 15.2. The first-order valence-electron chi connectivity index (χ1n) is 8.95. The number of hydrogen-bond donors (Lipinski definition) is 2. The Morgan fingerprint density at radius 1 is 1.26 bits per heavy atom. The maximum Gasteiger partial charge on any atom is 0.251 e. The second kappa shape index (κ2) is 8.53. The van der Waals surface area contributed by atoms with Crippen LogP contribution in [0.5, 0.6) is 5.75 Å². The van der Waals surface area contributed by atoms with Crippen LogP contribution in [0.1, 0.15) is 35.2 Å². The first-order valence-corrected chi connectivity index (χ1v) is 8.95. The molecule has 3 rings (SSSR count). The Morgan fingerprint density at radius 2 is 2.11 bits per heavy atom. The SMILES string of the molecule is COc1cccc(CN2CCC(NC(=O)c3cc[nH]c(=O)c3)CCC2=O)c1. The minimum Gasteiger partial charge on any atom is -0.497 e. The number of aromatic nitrogens is 1. The predicted molar refractivity (Wildman–Crippen MR) is 101 cm³/mol. The molecule has 0 bridgehead atoms. The van der Waals surface area contributed by atoms with E-state index in [1.54, 1.807) is 13.2 Å². The van der Waals surface area contributed by atoms with Crippen LogP contribution in [0.25, 0.3) is 0 Å². The van der Waals surface area contributed by atoms with Crippen LogP contribution in [0.4, 0.5) is 0 Å². The molecule has 1 fully saturated rings. The molecular formula is C20H23N3O4. The van der Waals surface area contributed by atoms with Crippen LogP contribution in [0, 0.1) is 0 Å². The van der Waals surface area contributed by atoms with E-state index in [2.05, 4.69) is 10.3 Å². The lowest BCUT2D eigenvalue weighted by Crippen LogP contribution is -2.36. The summed E-state index contributed by atoms with van der Waals surface area (Å²) in [5.41, 5.74) is 1.01. The molecule has 1 aromatic heterocycles. The van der Waals surface area contributed by atoms with Crippen molar-refractivity contribution in [1.29, 1.82) is 0 Å². The quantitative estimate of drug-likeness (QED) is 0.839. The number of aromatic amines is 1. The molecule has 1 atom stereocenters. The van der Waals surface area contributed by atoms with Crippen LogP contribution in [0.15, 0.2) is 47.4 Å². The van der Waals surface area contributed by atoms with Gasteiger partial charge in [0.2, 0.25) is 11.5 Å².